The topological polar surface area (TPSA) is 46.5 Å². The van der Waals surface area contributed by atoms with Gasteiger partial charge in [0.05, 0.1) is 20.1 Å². The molecule has 0 unspecified atom stereocenters. The van der Waals surface area contributed by atoms with E-state index in [9.17, 15) is 4.79 Å². The van der Waals surface area contributed by atoms with Crippen LogP contribution in [0.25, 0.3) is 0 Å². The van der Waals surface area contributed by atoms with Crippen LogP contribution in [-0.2, 0) is 21.9 Å². The number of carbonyl (C=O) groups excluding carboxylic acids is 1. The van der Waals surface area contributed by atoms with E-state index in [4.69, 9.17) is 5.11 Å². The summed E-state index contributed by atoms with van der Waals surface area (Å²) in [5.41, 5.74) is 2.12. The number of methoxy groups -OCH3 is 1. The number of rotatable bonds is 6. The van der Waals surface area contributed by atoms with E-state index in [1.54, 1.807) is 11.8 Å². The van der Waals surface area contributed by atoms with Gasteiger partial charge in [-0.1, -0.05) is 24.3 Å². The van der Waals surface area contributed by atoms with Crippen molar-refractivity contribution in [2.24, 2.45) is 0 Å². The third-order valence-electron chi connectivity index (χ3n) is 2.15. The summed E-state index contributed by atoms with van der Waals surface area (Å²) in [6.07, 6.45) is 0.454. The minimum absolute atomic E-state index is 0.0791. The molecule has 1 rings (SSSR count). The molecule has 0 aliphatic carbocycles. The van der Waals surface area contributed by atoms with Gasteiger partial charge < -0.3 is 9.84 Å². The number of aliphatic hydroxyl groups excluding tert-OH is 1. The number of esters is 1. The summed E-state index contributed by atoms with van der Waals surface area (Å²) < 4.78 is 4.55. The standard InChI is InChI=1S/C12H16O3S/c1-15-12(14)6-7-16-9-11-4-2-10(8-13)3-5-11/h2-5,13H,6-9H2,1H3. The normalized spacial score (nSPS) is 10.1. The zero-order valence-corrected chi connectivity index (χ0v) is 10.1. The van der Waals surface area contributed by atoms with Crippen molar-refractivity contribution >= 4 is 17.7 Å². The first kappa shape index (κ1) is 13.1. The van der Waals surface area contributed by atoms with E-state index in [1.807, 2.05) is 24.3 Å². The van der Waals surface area contributed by atoms with Crippen LogP contribution in [0.2, 0.25) is 0 Å². The average Bonchev–Trinajstić information content (AvgIpc) is 2.35. The molecule has 0 fully saturated rings. The zero-order valence-electron chi connectivity index (χ0n) is 9.31. The van der Waals surface area contributed by atoms with Crippen LogP contribution in [0, 0.1) is 0 Å². The molecule has 0 spiro atoms. The summed E-state index contributed by atoms with van der Waals surface area (Å²) >= 11 is 1.70. The van der Waals surface area contributed by atoms with Crippen LogP contribution in [0.5, 0.6) is 0 Å². The first-order valence-corrected chi connectivity index (χ1v) is 6.25. The molecule has 0 heterocycles. The number of carbonyl (C=O) groups is 1. The number of aliphatic hydroxyl groups is 1. The lowest BCUT2D eigenvalue weighted by Crippen LogP contribution is -2.01. The van der Waals surface area contributed by atoms with Gasteiger partial charge in [0.1, 0.15) is 0 Å². The van der Waals surface area contributed by atoms with Crippen molar-refractivity contribution in [1.82, 2.24) is 0 Å². The highest BCUT2D eigenvalue weighted by atomic mass is 32.2. The van der Waals surface area contributed by atoms with Crippen molar-refractivity contribution in [2.45, 2.75) is 18.8 Å². The van der Waals surface area contributed by atoms with Gasteiger partial charge in [-0.25, -0.2) is 0 Å². The molecule has 1 N–H and O–H groups in total. The second-order valence-electron chi connectivity index (χ2n) is 3.35. The molecule has 0 aliphatic heterocycles. The molecular weight excluding hydrogens is 224 g/mol. The molecule has 16 heavy (non-hydrogen) atoms. The molecule has 4 heteroatoms. The predicted molar refractivity (Wildman–Crippen MR) is 65.2 cm³/mol. The highest BCUT2D eigenvalue weighted by Crippen LogP contribution is 2.14. The maximum atomic E-state index is 10.8. The lowest BCUT2D eigenvalue weighted by Gasteiger charge is -2.02. The maximum Gasteiger partial charge on any atom is 0.306 e. The van der Waals surface area contributed by atoms with Crippen molar-refractivity contribution in [1.29, 1.82) is 0 Å². The van der Waals surface area contributed by atoms with Crippen molar-refractivity contribution in [3.05, 3.63) is 35.4 Å². The highest BCUT2D eigenvalue weighted by Gasteiger charge is 2.00. The SMILES string of the molecule is COC(=O)CCSCc1ccc(CO)cc1. The fourth-order valence-corrected chi connectivity index (χ4v) is 2.07. The molecule has 88 valence electrons. The number of hydrogen-bond acceptors (Lipinski definition) is 4. The third-order valence-corrected chi connectivity index (χ3v) is 3.18. The van der Waals surface area contributed by atoms with Gasteiger partial charge in [0, 0.05) is 11.5 Å². The van der Waals surface area contributed by atoms with Crippen molar-refractivity contribution in [2.75, 3.05) is 12.9 Å². The smallest absolute Gasteiger partial charge is 0.306 e. The lowest BCUT2D eigenvalue weighted by atomic mass is 10.2. The van der Waals surface area contributed by atoms with E-state index in [0.717, 1.165) is 17.1 Å². The fourth-order valence-electron chi connectivity index (χ4n) is 1.19. The molecule has 0 saturated heterocycles. The molecule has 0 bridgehead atoms. The van der Waals surface area contributed by atoms with E-state index in [1.165, 1.54) is 12.7 Å². The molecule has 0 aromatic heterocycles. The second-order valence-corrected chi connectivity index (χ2v) is 4.46. The Kier molecular flexibility index (Phi) is 5.96. The van der Waals surface area contributed by atoms with Crippen molar-refractivity contribution < 1.29 is 14.6 Å². The summed E-state index contributed by atoms with van der Waals surface area (Å²) in [5, 5.41) is 8.87. The van der Waals surface area contributed by atoms with E-state index < -0.39 is 0 Å². The van der Waals surface area contributed by atoms with Gasteiger partial charge in [-0.05, 0) is 11.1 Å². The van der Waals surface area contributed by atoms with Gasteiger partial charge in [0.2, 0.25) is 0 Å². The quantitative estimate of drug-likeness (QED) is 0.610. The summed E-state index contributed by atoms with van der Waals surface area (Å²) in [7, 11) is 1.40. The molecule has 0 amide bonds. The van der Waals surface area contributed by atoms with E-state index >= 15 is 0 Å². The van der Waals surface area contributed by atoms with Crippen LogP contribution in [0.3, 0.4) is 0 Å². The Hall–Kier alpha value is -1.00. The van der Waals surface area contributed by atoms with Gasteiger partial charge >= 0.3 is 5.97 Å². The van der Waals surface area contributed by atoms with Crippen LogP contribution in [0.4, 0.5) is 0 Å². The molecule has 3 nitrogen and oxygen atoms in total. The molecule has 0 saturated carbocycles. The monoisotopic (exact) mass is 240 g/mol. The Balaban J connectivity index is 2.24. The van der Waals surface area contributed by atoms with Crippen molar-refractivity contribution in [3.8, 4) is 0 Å². The molecule has 0 aliphatic rings. The summed E-state index contributed by atoms with van der Waals surface area (Å²) in [6.45, 7) is 0.0791. The first-order valence-electron chi connectivity index (χ1n) is 5.09. The number of hydrogen-bond donors (Lipinski definition) is 1. The molecule has 0 radical (unpaired) electrons. The van der Waals surface area contributed by atoms with E-state index in [2.05, 4.69) is 4.74 Å². The van der Waals surface area contributed by atoms with Gasteiger partial charge in [0.25, 0.3) is 0 Å². The Morgan fingerprint density at radius 1 is 1.31 bits per heavy atom. The summed E-state index contributed by atoms with van der Waals surface area (Å²) in [4.78, 5) is 10.8. The average molecular weight is 240 g/mol. The Morgan fingerprint density at radius 3 is 2.50 bits per heavy atom. The summed E-state index contributed by atoms with van der Waals surface area (Å²) in [6, 6.07) is 7.82. The number of ether oxygens (including phenoxy) is 1. The van der Waals surface area contributed by atoms with Crippen molar-refractivity contribution in [3.63, 3.8) is 0 Å². The minimum Gasteiger partial charge on any atom is -0.469 e. The minimum atomic E-state index is -0.164. The van der Waals surface area contributed by atoms with Crippen LogP contribution in [-0.4, -0.2) is 23.9 Å². The zero-order chi connectivity index (χ0) is 11.8. The second kappa shape index (κ2) is 7.30. The third kappa shape index (κ3) is 4.68. The van der Waals surface area contributed by atoms with E-state index in [-0.39, 0.29) is 12.6 Å². The van der Waals surface area contributed by atoms with Crippen LogP contribution >= 0.6 is 11.8 Å². The fraction of sp³-hybridized carbons (Fsp3) is 0.417. The largest absolute Gasteiger partial charge is 0.469 e. The van der Waals surface area contributed by atoms with Crippen LogP contribution < -0.4 is 0 Å². The highest BCUT2D eigenvalue weighted by molar-refractivity contribution is 7.98. The molecule has 1 aromatic rings. The lowest BCUT2D eigenvalue weighted by molar-refractivity contribution is -0.140. The summed E-state index contributed by atoms with van der Waals surface area (Å²) in [5.74, 6) is 1.49. The van der Waals surface area contributed by atoms with E-state index in [0.29, 0.717) is 6.42 Å². The molecule has 0 atom stereocenters. The van der Waals surface area contributed by atoms with Gasteiger partial charge in [-0.15, -0.1) is 0 Å². The molecule has 1 aromatic carbocycles. The Labute approximate surface area is 99.8 Å². The number of thioether (sulfide) groups is 1. The Morgan fingerprint density at radius 2 is 1.94 bits per heavy atom. The van der Waals surface area contributed by atoms with Crippen LogP contribution in [0.1, 0.15) is 17.5 Å². The van der Waals surface area contributed by atoms with Gasteiger partial charge in [-0.3, -0.25) is 4.79 Å². The Bertz CT molecular complexity index is 322. The van der Waals surface area contributed by atoms with Crippen LogP contribution in [0.15, 0.2) is 24.3 Å². The number of benzene rings is 1. The predicted octanol–water partition coefficient (Wildman–Crippen LogP) is 1.98. The van der Waals surface area contributed by atoms with Gasteiger partial charge in [-0.2, -0.15) is 11.8 Å². The van der Waals surface area contributed by atoms with Gasteiger partial charge in [0.15, 0.2) is 0 Å². The molecular formula is C12H16O3S. The first-order chi connectivity index (χ1) is 7.76. The maximum absolute atomic E-state index is 10.8.